The van der Waals surface area contributed by atoms with Crippen molar-refractivity contribution in [1.29, 1.82) is 0 Å². The monoisotopic (exact) mass is 447 g/mol. The van der Waals surface area contributed by atoms with Crippen molar-refractivity contribution in [3.63, 3.8) is 0 Å². The van der Waals surface area contributed by atoms with E-state index in [-0.39, 0.29) is 10.2 Å². The van der Waals surface area contributed by atoms with Crippen molar-refractivity contribution >= 4 is 55.1 Å². The number of benzene rings is 2. The number of nitrogens with zero attached hydrogens (tertiary/aromatic N) is 1. The highest BCUT2D eigenvalue weighted by Crippen LogP contribution is 2.29. The van der Waals surface area contributed by atoms with Crippen LogP contribution in [0, 0.1) is 11.6 Å². The highest BCUT2D eigenvalue weighted by atomic mass is 79.9. The van der Waals surface area contributed by atoms with Crippen molar-refractivity contribution in [2.75, 3.05) is 11.3 Å². The second-order valence-corrected chi connectivity index (χ2v) is 7.73. The molecule has 0 saturated carbocycles. The predicted molar refractivity (Wildman–Crippen MR) is 100 cm³/mol. The molecule has 0 radical (unpaired) electrons. The predicted octanol–water partition coefficient (Wildman–Crippen LogP) is 4.43. The fourth-order valence-electron chi connectivity index (χ4n) is 2.46. The first kappa shape index (κ1) is 18.3. The average Bonchev–Trinajstić information content (AvgIpc) is 2.91. The van der Waals surface area contributed by atoms with E-state index in [0.29, 0.717) is 28.4 Å². The van der Waals surface area contributed by atoms with Gasteiger partial charge in [0.2, 0.25) is 0 Å². The molecule has 0 amide bonds. The molecule has 0 saturated heterocycles. The Balaban J connectivity index is 2.01. The summed E-state index contributed by atoms with van der Waals surface area (Å²) in [7, 11) is -1.80. The van der Waals surface area contributed by atoms with Crippen molar-refractivity contribution in [3.8, 4) is 0 Å². The second kappa shape index (κ2) is 7.41. The minimum absolute atomic E-state index is 0.00415. The van der Waals surface area contributed by atoms with Crippen LogP contribution < -0.4 is 10.5 Å². The third-order valence-electron chi connectivity index (χ3n) is 3.59. The Hall–Kier alpha value is -1.48. The largest absolute Gasteiger partial charge is 0.345 e. The molecule has 0 aliphatic rings. The van der Waals surface area contributed by atoms with E-state index >= 15 is 0 Å². The Labute approximate surface area is 158 Å². The molecule has 0 fully saturated rings. The lowest BCUT2D eigenvalue weighted by molar-refractivity contribution is 0.598. The molecule has 0 aliphatic heterocycles. The van der Waals surface area contributed by atoms with Crippen LogP contribution in [0.3, 0.4) is 0 Å². The lowest BCUT2D eigenvalue weighted by Crippen LogP contribution is -2.09. The number of aromatic nitrogens is 1. The number of fused-ring (bicyclic) bond motifs is 1. The van der Waals surface area contributed by atoms with Crippen LogP contribution in [-0.2, 0) is 17.5 Å². The van der Waals surface area contributed by atoms with Gasteiger partial charge in [-0.15, -0.1) is 0 Å². The van der Waals surface area contributed by atoms with E-state index in [1.165, 1.54) is 0 Å². The number of hydrogen-bond donors (Lipinski definition) is 2. The molecule has 132 valence electrons. The number of halogens is 4. The van der Waals surface area contributed by atoms with Crippen molar-refractivity contribution in [2.45, 2.75) is 11.4 Å². The Morgan fingerprint density at radius 2 is 2.00 bits per heavy atom. The first-order chi connectivity index (χ1) is 11.9. The molecule has 0 bridgehead atoms. The van der Waals surface area contributed by atoms with Crippen LogP contribution in [0.1, 0.15) is 0 Å². The van der Waals surface area contributed by atoms with E-state index in [2.05, 4.69) is 20.7 Å². The highest BCUT2D eigenvalue weighted by Gasteiger charge is 2.17. The van der Waals surface area contributed by atoms with Gasteiger partial charge in [-0.25, -0.2) is 13.0 Å². The molecule has 0 spiro atoms. The fourth-order valence-corrected chi connectivity index (χ4v) is 4.00. The van der Waals surface area contributed by atoms with E-state index in [4.69, 9.17) is 17.3 Å². The molecule has 4 nitrogen and oxygen atoms in total. The molecule has 1 atom stereocenters. The van der Waals surface area contributed by atoms with Crippen LogP contribution in [0.4, 0.5) is 14.5 Å². The smallest absolute Gasteiger partial charge is 0.152 e. The quantitative estimate of drug-likeness (QED) is 0.567. The van der Waals surface area contributed by atoms with Crippen LogP contribution in [0.5, 0.6) is 0 Å². The fraction of sp³-hybridized carbons (Fsp3) is 0.125. The minimum Gasteiger partial charge on any atom is -0.345 e. The SMILES string of the molecule is NCCn1cc(S(=O)Nc2cc(F)c(Br)cc2F)c2ccc(Cl)cc21. The van der Waals surface area contributed by atoms with E-state index in [1.54, 1.807) is 24.4 Å². The zero-order valence-electron chi connectivity index (χ0n) is 12.7. The van der Waals surface area contributed by atoms with Crippen LogP contribution in [-0.4, -0.2) is 15.3 Å². The van der Waals surface area contributed by atoms with E-state index in [9.17, 15) is 13.0 Å². The van der Waals surface area contributed by atoms with Gasteiger partial charge in [0.05, 0.1) is 20.6 Å². The topological polar surface area (TPSA) is 60.0 Å². The molecular weight excluding hydrogens is 436 g/mol. The molecule has 1 heterocycles. The molecule has 9 heteroatoms. The van der Waals surface area contributed by atoms with Gasteiger partial charge in [-0.2, -0.15) is 0 Å². The van der Waals surface area contributed by atoms with E-state index < -0.39 is 22.6 Å². The van der Waals surface area contributed by atoms with Crippen molar-refractivity contribution in [3.05, 3.63) is 57.7 Å². The maximum absolute atomic E-state index is 14.0. The van der Waals surface area contributed by atoms with Gasteiger partial charge in [0, 0.05) is 35.8 Å². The van der Waals surface area contributed by atoms with Crippen molar-refractivity contribution in [1.82, 2.24) is 4.57 Å². The summed E-state index contributed by atoms with van der Waals surface area (Å²) < 4.78 is 44.6. The van der Waals surface area contributed by atoms with Gasteiger partial charge in [-0.3, -0.25) is 4.72 Å². The summed E-state index contributed by atoms with van der Waals surface area (Å²) in [5.41, 5.74) is 6.19. The van der Waals surface area contributed by atoms with Gasteiger partial charge in [0.1, 0.15) is 11.6 Å². The average molecular weight is 449 g/mol. The van der Waals surface area contributed by atoms with Crippen LogP contribution in [0.25, 0.3) is 10.9 Å². The standard InChI is InChI=1S/C16H13BrClF2N3OS/c17-11-6-13(20)14(7-12(11)19)22-25(24)16-8-23(4-3-21)15-5-9(18)1-2-10(15)16/h1-2,5-8,22H,3-4,21H2. The number of hydrogen-bond acceptors (Lipinski definition) is 2. The molecule has 3 N–H and O–H groups in total. The Morgan fingerprint density at radius 1 is 1.24 bits per heavy atom. The zero-order chi connectivity index (χ0) is 18.1. The molecule has 0 aliphatic carbocycles. The lowest BCUT2D eigenvalue weighted by atomic mass is 10.2. The zero-order valence-corrected chi connectivity index (χ0v) is 15.9. The lowest BCUT2D eigenvalue weighted by Gasteiger charge is -2.07. The number of nitrogens with one attached hydrogen (secondary N) is 1. The molecule has 3 aromatic rings. The van der Waals surface area contributed by atoms with Crippen molar-refractivity contribution in [2.24, 2.45) is 5.73 Å². The minimum atomic E-state index is -1.80. The first-order valence-corrected chi connectivity index (χ1v) is 9.54. The van der Waals surface area contributed by atoms with Gasteiger partial charge < -0.3 is 10.3 Å². The molecule has 3 rings (SSSR count). The number of nitrogens with two attached hydrogens (primary N) is 1. The van der Waals surface area contributed by atoms with Gasteiger partial charge in [0.25, 0.3) is 0 Å². The maximum Gasteiger partial charge on any atom is 0.152 e. The van der Waals surface area contributed by atoms with Gasteiger partial charge in [-0.1, -0.05) is 17.7 Å². The summed E-state index contributed by atoms with van der Waals surface area (Å²) in [5.74, 6) is -1.37. The maximum atomic E-state index is 14.0. The third-order valence-corrected chi connectivity index (χ3v) is 5.56. The van der Waals surface area contributed by atoms with E-state index in [0.717, 1.165) is 17.6 Å². The summed E-state index contributed by atoms with van der Waals surface area (Å²) in [5, 5.41) is 1.23. The van der Waals surface area contributed by atoms with E-state index in [1.807, 2.05) is 4.57 Å². The Bertz CT molecular complexity index is 980. The molecular formula is C16H13BrClF2N3OS. The molecule has 25 heavy (non-hydrogen) atoms. The third kappa shape index (κ3) is 3.72. The Kier molecular flexibility index (Phi) is 5.43. The van der Waals surface area contributed by atoms with Crippen LogP contribution >= 0.6 is 27.5 Å². The normalized spacial score (nSPS) is 12.5. The first-order valence-electron chi connectivity index (χ1n) is 7.22. The summed E-state index contributed by atoms with van der Waals surface area (Å²) >= 11 is 8.94. The molecule has 1 aromatic heterocycles. The number of rotatable bonds is 5. The Morgan fingerprint density at radius 3 is 2.72 bits per heavy atom. The summed E-state index contributed by atoms with van der Waals surface area (Å²) in [6.45, 7) is 0.900. The summed E-state index contributed by atoms with van der Waals surface area (Å²) in [6, 6.07) is 7.09. The second-order valence-electron chi connectivity index (χ2n) is 5.25. The van der Waals surface area contributed by atoms with Crippen LogP contribution in [0.15, 0.2) is 45.9 Å². The summed E-state index contributed by atoms with van der Waals surface area (Å²) in [4.78, 5) is 0.433. The van der Waals surface area contributed by atoms with Crippen molar-refractivity contribution < 1.29 is 13.0 Å². The number of anilines is 1. The van der Waals surface area contributed by atoms with Crippen LogP contribution in [0.2, 0.25) is 5.02 Å². The summed E-state index contributed by atoms with van der Waals surface area (Å²) in [6.07, 6.45) is 1.67. The van der Waals surface area contributed by atoms with Gasteiger partial charge in [-0.05, 0) is 34.1 Å². The van der Waals surface area contributed by atoms with Gasteiger partial charge in [0.15, 0.2) is 11.0 Å². The molecule has 1 unspecified atom stereocenters. The molecule has 2 aromatic carbocycles. The highest BCUT2D eigenvalue weighted by molar-refractivity contribution is 9.10. The van der Waals surface area contributed by atoms with Gasteiger partial charge >= 0.3 is 0 Å².